The van der Waals surface area contributed by atoms with Gasteiger partial charge in [-0.05, 0) is 5.41 Å². The monoisotopic (exact) mass is 134 g/mol. The van der Waals surface area contributed by atoms with Crippen molar-refractivity contribution in [3.63, 3.8) is 0 Å². The Kier molecular flexibility index (Phi) is 1.46. The minimum atomic E-state index is -0.389. The van der Waals surface area contributed by atoms with Gasteiger partial charge in [-0.3, -0.25) is 6.92 Å². The van der Waals surface area contributed by atoms with E-state index < -0.39 is 0 Å². The molecular formula is C9H10O. The molecule has 1 nitrogen and oxygen atoms in total. The van der Waals surface area contributed by atoms with Crippen LogP contribution in [-0.4, -0.2) is 0 Å². The van der Waals surface area contributed by atoms with Crippen LogP contribution < -0.4 is 5.11 Å². The van der Waals surface area contributed by atoms with Gasteiger partial charge in [0.25, 0.3) is 0 Å². The van der Waals surface area contributed by atoms with Gasteiger partial charge >= 0.3 is 0 Å². The molecule has 10 heavy (non-hydrogen) atoms. The number of rotatable bonds is 0. The lowest BCUT2D eigenvalue weighted by Crippen LogP contribution is -2.21. The zero-order valence-electron chi connectivity index (χ0n) is 5.94. The Morgan fingerprint density at radius 3 is 2.60 bits per heavy atom. The van der Waals surface area contributed by atoms with Crippen LogP contribution in [0.1, 0.15) is 12.8 Å². The van der Waals surface area contributed by atoms with Gasteiger partial charge in [0.1, 0.15) is 0 Å². The molecule has 0 fully saturated rings. The standard InChI is InChI=1S/C9H10O/c1-7-4-8(10)6-9(2,3)5-7/h1-3,5-6H2. The third-order valence-electron chi connectivity index (χ3n) is 1.44. The summed E-state index contributed by atoms with van der Waals surface area (Å²) < 4.78 is 0. The Hall–Kier alpha value is -0.940. The fourth-order valence-electron chi connectivity index (χ4n) is 1.14. The van der Waals surface area contributed by atoms with Crippen LogP contribution in [0.25, 0.3) is 0 Å². The molecule has 0 spiro atoms. The predicted molar refractivity (Wildman–Crippen MR) is 38.3 cm³/mol. The Labute approximate surface area is 62.1 Å². The highest BCUT2D eigenvalue weighted by Crippen LogP contribution is 2.32. The second-order valence-corrected chi connectivity index (χ2v) is 3.01. The van der Waals surface area contributed by atoms with E-state index in [-0.39, 0.29) is 11.2 Å². The fraction of sp³-hybridized carbons (Fsp3) is 0.333. The van der Waals surface area contributed by atoms with Crippen molar-refractivity contribution in [1.29, 1.82) is 0 Å². The summed E-state index contributed by atoms with van der Waals surface area (Å²) in [5, 5.41) is 10.8. The summed E-state index contributed by atoms with van der Waals surface area (Å²) in [6, 6.07) is 0. The van der Waals surface area contributed by atoms with Crippen molar-refractivity contribution in [1.82, 2.24) is 0 Å². The SMILES string of the molecule is [CH2+]C1=C=C([O-])CC([CH2+])([CH2-])C1. The van der Waals surface area contributed by atoms with Gasteiger partial charge in [-0.1, -0.05) is 0 Å². The molecule has 0 aromatic heterocycles. The predicted octanol–water partition coefficient (Wildman–Crippen LogP) is 1.04. The minimum Gasteiger partial charge on any atom is -0.853 e. The smallest absolute Gasteiger partial charge is 0.166 e. The van der Waals surface area contributed by atoms with Crippen molar-refractivity contribution >= 4 is 0 Å². The summed E-state index contributed by atoms with van der Waals surface area (Å²) in [7, 11) is 0. The molecule has 0 aromatic carbocycles. The average Bonchev–Trinajstić information content (AvgIpc) is 1.54. The largest absolute Gasteiger partial charge is 0.853 e. The highest BCUT2D eigenvalue weighted by Gasteiger charge is 2.25. The molecule has 0 saturated carbocycles. The molecule has 0 saturated heterocycles. The lowest BCUT2D eigenvalue weighted by Gasteiger charge is -2.26. The highest BCUT2D eigenvalue weighted by molar-refractivity contribution is 5.18. The maximum Gasteiger partial charge on any atom is 0.166 e. The maximum absolute atomic E-state index is 10.8. The third kappa shape index (κ3) is 1.52. The molecular weight excluding hydrogens is 124 g/mol. The van der Waals surface area contributed by atoms with Crippen molar-refractivity contribution in [3.8, 4) is 0 Å². The van der Waals surface area contributed by atoms with Gasteiger partial charge in [0.15, 0.2) is 5.57 Å². The minimum absolute atomic E-state index is 0.0266. The van der Waals surface area contributed by atoms with Crippen LogP contribution in [0.5, 0.6) is 0 Å². The molecule has 0 bridgehead atoms. The molecule has 0 amide bonds. The van der Waals surface area contributed by atoms with E-state index in [0.29, 0.717) is 12.8 Å². The Bertz CT molecular complexity index is 187. The second kappa shape index (κ2) is 2.03. The summed E-state index contributed by atoms with van der Waals surface area (Å²) in [6.07, 6.45) is 1.07. The number of hydrogen-bond donors (Lipinski definition) is 0. The molecule has 1 aliphatic rings. The summed E-state index contributed by atoms with van der Waals surface area (Å²) in [6.45, 7) is 11.2. The van der Waals surface area contributed by atoms with E-state index in [4.69, 9.17) is 0 Å². The zero-order valence-corrected chi connectivity index (χ0v) is 5.94. The van der Waals surface area contributed by atoms with Crippen molar-refractivity contribution in [2.75, 3.05) is 0 Å². The molecule has 0 radical (unpaired) electrons. The Balaban J connectivity index is 2.88. The summed E-state index contributed by atoms with van der Waals surface area (Å²) in [5.74, 6) is -0.0266. The van der Waals surface area contributed by atoms with Gasteiger partial charge in [0.05, 0.1) is 5.73 Å². The Morgan fingerprint density at radius 2 is 2.20 bits per heavy atom. The number of hydrogen-bond acceptors (Lipinski definition) is 1. The van der Waals surface area contributed by atoms with Crippen LogP contribution in [0, 0.1) is 26.2 Å². The van der Waals surface area contributed by atoms with E-state index >= 15 is 0 Å². The molecule has 0 aliphatic heterocycles. The fourth-order valence-corrected chi connectivity index (χ4v) is 1.14. The van der Waals surface area contributed by atoms with Crippen molar-refractivity contribution in [2.24, 2.45) is 5.41 Å². The quantitative estimate of drug-likeness (QED) is 0.358. The molecule has 1 heteroatoms. The summed E-state index contributed by atoms with van der Waals surface area (Å²) in [5.41, 5.74) is 2.96. The van der Waals surface area contributed by atoms with Gasteiger partial charge in [-0.2, -0.15) is 0 Å². The normalized spacial score (nSPS) is 32.9. The zero-order chi connectivity index (χ0) is 7.78. The second-order valence-electron chi connectivity index (χ2n) is 3.01. The molecule has 0 atom stereocenters. The first-order chi connectivity index (χ1) is 4.49. The first-order valence-corrected chi connectivity index (χ1v) is 3.18. The van der Waals surface area contributed by atoms with Gasteiger partial charge in [0.2, 0.25) is 0 Å². The Morgan fingerprint density at radius 1 is 1.60 bits per heavy atom. The van der Waals surface area contributed by atoms with E-state index in [0.717, 1.165) is 5.57 Å². The van der Waals surface area contributed by atoms with Crippen LogP contribution >= 0.6 is 0 Å². The first-order valence-electron chi connectivity index (χ1n) is 3.18. The van der Waals surface area contributed by atoms with E-state index in [1.165, 1.54) is 0 Å². The topological polar surface area (TPSA) is 23.1 Å². The maximum atomic E-state index is 10.8. The van der Waals surface area contributed by atoms with Crippen LogP contribution in [0.4, 0.5) is 0 Å². The average molecular weight is 134 g/mol. The van der Waals surface area contributed by atoms with Gasteiger partial charge in [0, 0.05) is 32.4 Å². The summed E-state index contributed by atoms with van der Waals surface area (Å²) in [4.78, 5) is 0. The molecule has 1 aliphatic carbocycles. The summed E-state index contributed by atoms with van der Waals surface area (Å²) >= 11 is 0. The van der Waals surface area contributed by atoms with Gasteiger partial charge < -0.3 is 5.11 Å². The molecule has 0 unspecified atom stereocenters. The number of allylic oxidation sites excluding steroid dienone is 1. The molecule has 52 valence electrons. The van der Waals surface area contributed by atoms with Crippen LogP contribution in [0.2, 0.25) is 0 Å². The van der Waals surface area contributed by atoms with Crippen molar-refractivity contribution in [3.05, 3.63) is 37.8 Å². The molecule has 0 aromatic rings. The third-order valence-corrected chi connectivity index (χ3v) is 1.44. The van der Waals surface area contributed by atoms with Gasteiger partial charge in [-0.25, -0.2) is 0 Å². The van der Waals surface area contributed by atoms with E-state index in [1.54, 1.807) is 0 Å². The highest BCUT2D eigenvalue weighted by atomic mass is 16.3. The lowest BCUT2D eigenvalue weighted by molar-refractivity contribution is -0.309. The van der Waals surface area contributed by atoms with Crippen LogP contribution in [0.15, 0.2) is 17.1 Å². The molecule has 0 heterocycles. The van der Waals surface area contributed by atoms with Crippen molar-refractivity contribution < 1.29 is 5.11 Å². The van der Waals surface area contributed by atoms with E-state index in [2.05, 4.69) is 26.5 Å². The molecule has 1 rings (SSSR count). The lowest BCUT2D eigenvalue weighted by atomic mass is 9.80. The van der Waals surface area contributed by atoms with Crippen molar-refractivity contribution in [2.45, 2.75) is 12.8 Å². The van der Waals surface area contributed by atoms with E-state index in [9.17, 15) is 5.11 Å². The van der Waals surface area contributed by atoms with Gasteiger partial charge in [-0.15, -0.1) is 0 Å². The molecule has 0 N–H and O–H groups in total. The first kappa shape index (κ1) is 7.17. The van der Waals surface area contributed by atoms with E-state index in [1.807, 2.05) is 0 Å². The van der Waals surface area contributed by atoms with Crippen LogP contribution in [0.3, 0.4) is 0 Å². The van der Waals surface area contributed by atoms with Crippen LogP contribution in [-0.2, 0) is 0 Å².